The molecule has 0 aliphatic carbocycles. The summed E-state index contributed by atoms with van der Waals surface area (Å²) in [5.74, 6) is 12.8. The number of rotatable bonds is 6. The van der Waals surface area contributed by atoms with E-state index in [-0.39, 0.29) is 0 Å². The second kappa shape index (κ2) is 35.2. The van der Waals surface area contributed by atoms with Gasteiger partial charge in [0.15, 0.2) is 0 Å². The minimum Gasteiger partial charge on any atom is -0.400 e. The first-order chi connectivity index (χ1) is 28.1. The highest BCUT2D eigenvalue weighted by Gasteiger charge is 2.08. The van der Waals surface area contributed by atoms with Crippen LogP contribution in [0.4, 0.5) is 5.69 Å². The number of likely N-dealkylation sites (N-methyl/N-ethyl adjacent to an activating group) is 1. The van der Waals surface area contributed by atoms with Crippen LogP contribution >= 0.6 is 0 Å². The molecule has 0 radical (unpaired) electrons. The molecule has 57 heavy (non-hydrogen) atoms. The van der Waals surface area contributed by atoms with Crippen LogP contribution in [0.1, 0.15) is 59.8 Å². The summed E-state index contributed by atoms with van der Waals surface area (Å²) in [6.45, 7) is 18.5. The summed E-state index contributed by atoms with van der Waals surface area (Å²) in [7, 11) is 1.00. The van der Waals surface area contributed by atoms with Gasteiger partial charge in [-0.25, -0.2) is 0 Å². The number of ether oxygens (including phenoxy) is 4. The third-order valence-electron chi connectivity index (χ3n) is 7.90. The summed E-state index contributed by atoms with van der Waals surface area (Å²) in [6, 6.07) is 25.2. The lowest BCUT2D eigenvalue weighted by Gasteiger charge is -2.25. The van der Waals surface area contributed by atoms with Crippen molar-refractivity contribution in [1.82, 2.24) is 4.90 Å². The van der Waals surface area contributed by atoms with E-state index in [1.165, 1.54) is 6.92 Å². The Bertz CT molecular complexity index is 1690. The summed E-state index contributed by atoms with van der Waals surface area (Å²) >= 11 is 0. The second-order valence-corrected chi connectivity index (χ2v) is 11.9. The Hall–Kier alpha value is -5.28. The van der Waals surface area contributed by atoms with Gasteiger partial charge in [0.1, 0.15) is 6.29 Å². The Morgan fingerprint density at radius 2 is 1.02 bits per heavy atom. The standard InChI is InChI=1S/C37H42N2O5.C8H12.C2H3N.CH4O/c1-2-38-19-23-41-27-29-43-25-21-39(22-26-44-30-28-42-24-20-38)37-17-15-35(16-18-37)10-9-33-5-3-32(4-6-33)7-8-34-11-13-36(31-40)14-12-34;1-3-5-7-8-6-4-2;1-2-3;1-2/h3-6,11-18,31H,2,19-30H2,1H3;3,5-8H,1,4H2,2H3;1H3;2H,1H3/b;7-5-,8-6-;;. The SMILES string of the molecule is C=C/C=C\C=C/CC.CC#N.CCN1CCOCCOCCN(c2ccc(C#Cc3ccc(C#Cc4ccc(C=O)cc4)cc3)cc2)CCOCCOCC1.CO. The van der Waals surface area contributed by atoms with Crippen molar-refractivity contribution < 1.29 is 28.8 Å². The predicted octanol–water partition coefficient (Wildman–Crippen LogP) is 7.34. The molecule has 1 N–H and O–H groups in total. The van der Waals surface area contributed by atoms with Crippen molar-refractivity contribution in [2.45, 2.75) is 27.2 Å². The molecule has 1 heterocycles. The Kier molecular flexibility index (Phi) is 30.7. The van der Waals surface area contributed by atoms with Crippen molar-refractivity contribution in [2.24, 2.45) is 0 Å². The molecule has 0 unspecified atom stereocenters. The number of aliphatic hydroxyl groups excluding tert-OH is 1. The van der Waals surface area contributed by atoms with Crippen molar-refractivity contribution >= 4 is 12.0 Å². The molecule has 1 saturated heterocycles. The van der Waals surface area contributed by atoms with Gasteiger partial charge in [0.25, 0.3) is 0 Å². The number of allylic oxidation sites excluding steroid dienone is 5. The van der Waals surface area contributed by atoms with Gasteiger partial charge in [0.2, 0.25) is 0 Å². The minimum absolute atomic E-state index is 0.581. The molecule has 0 bridgehead atoms. The van der Waals surface area contributed by atoms with E-state index in [2.05, 4.69) is 72.1 Å². The first kappa shape index (κ1) is 49.7. The van der Waals surface area contributed by atoms with E-state index in [4.69, 9.17) is 29.3 Å². The van der Waals surface area contributed by atoms with Crippen LogP contribution in [0.2, 0.25) is 0 Å². The number of nitrogens with zero attached hydrogens (tertiary/aromatic N) is 3. The Morgan fingerprint density at radius 3 is 1.39 bits per heavy atom. The summed E-state index contributed by atoms with van der Waals surface area (Å²) < 4.78 is 23.3. The summed E-state index contributed by atoms with van der Waals surface area (Å²) in [5, 5.41) is 14.3. The average molecular weight is 776 g/mol. The number of hydrogen-bond acceptors (Lipinski definition) is 9. The van der Waals surface area contributed by atoms with E-state index in [1.54, 1.807) is 24.3 Å². The van der Waals surface area contributed by atoms with Crippen molar-refractivity contribution in [3.8, 4) is 29.8 Å². The summed E-state index contributed by atoms with van der Waals surface area (Å²) in [5.41, 5.74) is 5.39. The number of carbonyl (C=O) groups is 1. The van der Waals surface area contributed by atoms with Crippen molar-refractivity contribution in [1.29, 1.82) is 5.26 Å². The molecule has 3 aromatic carbocycles. The van der Waals surface area contributed by atoms with Gasteiger partial charge >= 0.3 is 0 Å². The predicted molar refractivity (Wildman–Crippen MR) is 232 cm³/mol. The molecule has 1 fully saturated rings. The quantitative estimate of drug-likeness (QED) is 0.157. The van der Waals surface area contributed by atoms with E-state index in [0.717, 1.165) is 80.5 Å². The smallest absolute Gasteiger partial charge is 0.150 e. The van der Waals surface area contributed by atoms with Gasteiger partial charge in [-0.15, -0.1) is 0 Å². The maximum Gasteiger partial charge on any atom is 0.150 e. The highest BCUT2D eigenvalue weighted by atomic mass is 16.5. The number of carbonyl (C=O) groups excluding carboxylic acids is 1. The molecule has 304 valence electrons. The molecular weight excluding hydrogens is 715 g/mol. The zero-order valence-corrected chi connectivity index (χ0v) is 34.3. The Labute approximate surface area is 342 Å². The van der Waals surface area contributed by atoms with Gasteiger partial charge in [0.05, 0.1) is 58.9 Å². The number of benzene rings is 3. The third kappa shape index (κ3) is 24.8. The van der Waals surface area contributed by atoms with Crippen LogP contribution in [-0.4, -0.2) is 109 Å². The third-order valence-corrected chi connectivity index (χ3v) is 7.90. The topological polar surface area (TPSA) is 104 Å². The highest BCUT2D eigenvalue weighted by molar-refractivity contribution is 5.74. The molecule has 0 aromatic heterocycles. The van der Waals surface area contributed by atoms with Crippen molar-refractivity contribution in [3.63, 3.8) is 0 Å². The van der Waals surface area contributed by atoms with Gasteiger partial charge in [-0.2, -0.15) is 5.26 Å². The lowest BCUT2D eigenvalue weighted by atomic mass is 10.1. The Morgan fingerprint density at radius 1 is 0.632 bits per heavy atom. The molecule has 9 nitrogen and oxygen atoms in total. The number of aldehydes is 1. The van der Waals surface area contributed by atoms with E-state index in [1.807, 2.05) is 66.8 Å². The number of aliphatic hydroxyl groups is 1. The van der Waals surface area contributed by atoms with Crippen LogP contribution in [-0.2, 0) is 18.9 Å². The van der Waals surface area contributed by atoms with Crippen molar-refractivity contribution in [2.75, 3.05) is 97.6 Å². The van der Waals surface area contributed by atoms with Gasteiger partial charge in [-0.3, -0.25) is 9.69 Å². The zero-order chi connectivity index (χ0) is 41.6. The molecule has 4 rings (SSSR count). The first-order valence-electron chi connectivity index (χ1n) is 19.3. The fourth-order valence-electron chi connectivity index (χ4n) is 4.86. The van der Waals surface area contributed by atoms with E-state index in [9.17, 15) is 4.79 Å². The maximum atomic E-state index is 10.8. The van der Waals surface area contributed by atoms with Crippen LogP contribution < -0.4 is 4.90 Å². The van der Waals surface area contributed by atoms with Crippen LogP contribution in [0, 0.1) is 35.0 Å². The van der Waals surface area contributed by atoms with Gasteiger partial charge in [-0.1, -0.05) is 86.6 Å². The van der Waals surface area contributed by atoms with E-state index in [0.29, 0.717) is 58.4 Å². The molecule has 0 atom stereocenters. The largest absolute Gasteiger partial charge is 0.400 e. The summed E-state index contributed by atoms with van der Waals surface area (Å²) in [4.78, 5) is 15.4. The molecule has 3 aromatic rings. The van der Waals surface area contributed by atoms with Gasteiger partial charge in [0, 0.05) is 73.7 Å². The maximum absolute atomic E-state index is 10.8. The van der Waals surface area contributed by atoms with Crippen LogP contribution in [0.5, 0.6) is 0 Å². The van der Waals surface area contributed by atoms with Crippen LogP contribution in [0.3, 0.4) is 0 Å². The lowest BCUT2D eigenvalue weighted by Crippen LogP contribution is -2.33. The van der Waals surface area contributed by atoms with Crippen molar-refractivity contribution in [3.05, 3.63) is 138 Å². The lowest BCUT2D eigenvalue weighted by molar-refractivity contribution is 0.0233. The molecule has 0 spiro atoms. The molecule has 1 aliphatic heterocycles. The number of anilines is 1. The summed E-state index contributed by atoms with van der Waals surface area (Å²) in [6.07, 6.45) is 11.7. The number of hydrogen-bond donors (Lipinski definition) is 1. The number of nitriles is 1. The zero-order valence-electron chi connectivity index (χ0n) is 34.3. The second-order valence-electron chi connectivity index (χ2n) is 11.9. The molecule has 0 saturated carbocycles. The van der Waals surface area contributed by atoms with Gasteiger partial charge < -0.3 is 29.0 Å². The van der Waals surface area contributed by atoms with Crippen LogP contribution in [0.15, 0.2) is 110 Å². The van der Waals surface area contributed by atoms with Crippen LogP contribution in [0.25, 0.3) is 0 Å². The van der Waals surface area contributed by atoms with E-state index < -0.39 is 0 Å². The van der Waals surface area contributed by atoms with E-state index >= 15 is 0 Å². The molecule has 9 heteroatoms. The minimum atomic E-state index is 0.581. The fraction of sp³-hybridized carbons (Fsp3) is 0.375. The fourth-order valence-corrected chi connectivity index (χ4v) is 4.86. The highest BCUT2D eigenvalue weighted by Crippen LogP contribution is 2.15. The molecular formula is C48H61N3O6. The average Bonchev–Trinajstić information content (AvgIpc) is 3.25. The molecule has 0 amide bonds. The molecule has 1 aliphatic rings. The van der Waals surface area contributed by atoms with Gasteiger partial charge in [-0.05, 0) is 73.6 Å². The normalized spacial score (nSPS) is 14.4. The monoisotopic (exact) mass is 775 g/mol. The Balaban J connectivity index is 0.00000109. The first-order valence-corrected chi connectivity index (χ1v) is 19.3.